The lowest BCUT2D eigenvalue weighted by Crippen LogP contribution is -2.36. The van der Waals surface area contributed by atoms with E-state index in [2.05, 4.69) is 41.3 Å². The predicted octanol–water partition coefficient (Wildman–Crippen LogP) is 4.22. The van der Waals surface area contributed by atoms with Gasteiger partial charge in [0.25, 0.3) is 0 Å². The van der Waals surface area contributed by atoms with Crippen molar-refractivity contribution >= 4 is 6.08 Å². The van der Waals surface area contributed by atoms with E-state index in [1.165, 1.54) is 5.56 Å². The SMILES string of the molecule is Oc1cccc(CN2CCCC3(C=Cc4ccccc4O3)CC2)c1. The smallest absolute Gasteiger partial charge is 0.129 e. The van der Waals surface area contributed by atoms with Gasteiger partial charge in [0.05, 0.1) is 0 Å². The first kappa shape index (κ1) is 15.3. The van der Waals surface area contributed by atoms with Gasteiger partial charge in [-0.25, -0.2) is 0 Å². The van der Waals surface area contributed by atoms with Crippen LogP contribution in [0.5, 0.6) is 11.5 Å². The molecule has 0 amide bonds. The Morgan fingerprint density at radius 3 is 2.88 bits per heavy atom. The molecular weight excluding hydrogens is 298 g/mol. The standard InChI is InChI=1S/C21H23NO2/c23-19-7-3-5-17(15-19)16-22-13-4-10-21(12-14-22)11-9-18-6-1-2-8-20(18)24-21/h1-3,5-9,11,15,23H,4,10,12-14,16H2. The summed E-state index contributed by atoms with van der Waals surface area (Å²) >= 11 is 0. The molecule has 0 aromatic heterocycles. The van der Waals surface area contributed by atoms with Crippen molar-refractivity contribution in [2.24, 2.45) is 0 Å². The maximum absolute atomic E-state index is 9.64. The molecule has 2 aromatic carbocycles. The number of aromatic hydroxyl groups is 1. The second-order valence-electron chi connectivity index (χ2n) is 6.84. The third-order valence-electron chi connectivity index (χ3n) is 5.04. The van der Waals surface area contributed by atoms with Crippen LogP contribution < -0.4 is 4.74 Å². The summed E-state index contributed by atoms with van der Waals surface area (Å²) in [6.45, 7) is 2.95. The van der Waals surface area contributed by atoms with Crippen molar-refractivity contribution in [3.63, 3.8) is 0 Å². The van der Waals surface area contributed by atoms with Crippen LogP contribution in [-0.4, -0.2) is 28.7 Å². The van der Waals surface area contributed by atoms with E-state index < -0.39 is 0 Å². The largest absolute Gasteiger partial charge is 0.508 e. The molecule has 1 atom stereocenters. The molecule has 24 heavy (non-hydrogen) atoms. The lowest BCUT2D eigenvalue weighted by Gasteiger charge is -2.34. The monoisotopic (exact) mass is 321 g/mol. The fraction of sp³-hybridized carbons (Fsp3) is 0.333. The first-order valence-corrected chi connectivity index (χ1v) is 8.70. The summed E-state index contributed by atoms with van der Waals surface area (Å²) in [7, 11) is 0. The summed E-state index contributed by atoms with van der Waals surface area (Å²) in [5.74, 6) is 1.34. The minimum absolute atomic E-state index is 0.165. The highest BCUT2D eigenvalue weighted by Crippen LogP contribution is 2.37. The zero-order valence-corrected chi connectivity index (χ0v) is 13.8. The Kier molecular flexibility index (Phi) is 4.03. The normalized spacial score (nSPS) is 23.5. The highest BCUT2D eigenvalue weighted by Gasteiger charge is 2.34. The second kappa shape index (κ2) is 6.33. The Balaban J connectivity index is 1.45. The molecule has 4 rings (SSSR count). The van der Waals surface area contributed by atoms with Crippen LogP contribution in [0.3, 0.4) is 0 Å². The minimum atomic E-state index is -0.165. The van der Waals surface area contributed by atoms with Crippen molar-refractivity contribution in [2.45, 2.75) is 31.4 Å². The molecule has 3 nitrogen and oxygen atoms in total. The molecular formula is C21H23NO2. The van der Waals surface area contributed by atoms with Gasteiger partial charge in [-0.3, -0.25) is 4.90 Å². The van der Waals surface area contributed by atoms with Crippen LogP contribution in [-0.2, 0) is 6.54 Å². The number of likely N-dealkylation sites (tertiary alicyclic amines) is 1. The van der Waals surface area contributed by atoms with E-state index in [0.717, 1.165) is 50.2 Å². The molecule has 0 radical (unpaired) electrons. The molecule has 3 heteroatoms. The Morgan fingerprint density at radius 1 is 1.04 bits per heavy atom. The fourth-order valence-electron chi connectivity index (χ4n) is 3.73. The van der Waals surface area contributed by atoms with Gasteiger partial charge in [0, 0.05) is 25.1 Å². The first-order valence-electron chi connectivity index (χ1n) is 8.70. The number of nitrogens with zero attached hydrogens (tertiary/aromatic N) is 1. The number of fused-ring (bicyclic) bond motifs is 1. The number of phenolic OH excluding ortho intramolecular Hbond substituents is 1. The molecule has 124 valence electrons. The van der Waals surface area contributed by atoms with Crippen molar-refractivity contribution in [3.8, 4) is 11.5 Å². The number of phenols is 1. The second-order valence-corrected chi connectivity index (χ2v) is 6.84. The Morgan fingerprint density at radius 2 is 1.96 bits per heavy atom. The van der Waals surface area contributed by atoms with Gasteiger partial charge in [-0.05, 0) is 49.2 Å². The van der Waals surface area contributed by atoms with Crippen LogP contribution in [0, 0.1) is 0 Å². The van der Waals surface area contributed by atoms with Gasteiger partial charge in [0.2, 0.25) is 0 Å². The van der Waals surface area contributed by atoms with Crippen LogP contribution in [0.4, 0.5) is 0 Å². The predicted molar refractivity (Wildman–Crippen MR) is 96.1 cm³/mol. The van der Waals surface area contributed by atoms with Crippen molar-refractivity contribution in [1.29, 1.82) is 0 Å². The average Bonchev–Trinajstić information content (AvgIpc) is 2.78. The molecule has 2 aliphatic heterocycles. The number of hydrogen-bond donors (Lipinski definition) is 1. The number of ether oxygens (including phenoxy) is 1. The van der Waals surface area contributed by atoms with Gasteiger partial charge in [0.15, 0.2) is 0 Å². The number of rotatable bonds is 2. The highest BCUT2D eigenvalue weighted by atomic mass is 16.5. The Labute approximate surface area is 143 Å². The molecule has 1 spiro atoms. The molecule has 0 bridgehead atoms. The maximum atomic E-state index is 9.64. The van der Waals surface area contributed by atoms with E-state index in [1.54, 1.807) is 6.07 Å². The molecule has 0 saturated carbocycles. The summed E-state index contributed by atoms with van der Waals surface area (Å²) in [5, 5.41) is 9.64. The van der Waals surface area contributed by atoms with E-state index in [-0.39, 0.29) is 5.60 Å². The van der Waals surface area contributed by atoms with Gasteiger partial charge in [-0.1, -0.05) is 36.4 Å². The third-order valence-corrected chi connectivity index (χ3v) is 5.04. The lowest BCUT2D eigenvalue weighted by atomic mass is 9.91. The summed E-state index contributed by atoms with van der Waals surface area (Å²) in [6, 6.07) is 15.8. The van der Waals surface area contributed by atoms with E-state index in [9.17, 15) is 5.11 Å². The number of para-hydroxylation sites is 1. The molecule has 0 aliphatic carbocycles. The summed E-state index contributed by atoms with van der Waals surface area (Å²) < 4.78 is 6.40. The van der Waals surface area contributed by atoms with Crippen LogP contribution >= 0.6 is 0 Å². The van der Waals surface area contributed by atoms with Crippen LogP contribution in [0.1, 0.15) is 30.4 Å². The van der Waals surface area contributed by atoms with Gasteiger partial charge >= 0.3 is 0 Å². The Bertz CT molecular complexity index is 755. The van der Waals surface area contributed by atoms with E-state index in [0.29, 0.717) is 5.75 Å². The van der Waals surface area contributed by atoms with Gasteiger partial charge in [-0.2, -0.15) is 0 Å². The highest BCUT2D eigenvalue weighted by molar-refractivity contribution is 5.60. The van der Waals surface area contributed by atoms with Crippen molar-refractivity contribution in [3.05, 3.63) is 65.7 Å². The number of hydrogen-bond acceptors (Lipinski definition) is 3. The maximum Gasteiger partial charge on any atom is 0.129 e. The van der Waals surface area contributed by atoms with Crippen LogP contribution in [0.25, 0.3) is 6.08 Å². The van der Waals surface area contributed by atoms with E-state index in [1.807, 2.05) is 18.2 Å². The van der Waals surface area contributed by atoms with Gasteiger partial charge in [0.1, 0.15) is 17.1 Å². The van der Waals surface area contributed by atoms with Crippen LogP contribution in [0.2, 0.25) is 0 Å². The molecule has 2 heterocycles. The first-order chi connectivity index (χ1) is 11.7. The van der Waals surface area contributed by atoms with Crippen molar-refractivity contribution < 1.29 is 9.84 Å². The topological polar surface area (TPSA) is 32.7 Å². The molecule has 2 aliphatic rings. The van der Waals surface area contributed by atoms with Gasteiger partial charge in [-0.15, -0.1) is 0 Å². The molecule has 1 unspecified atom stereocenters. The molecule has 2 aromatic rings. The molecule has 1 N–H and O–H groups in total. The summed E-state index contributed by atoms with van der Waals surface area (Å²) in [5.41, 5.74) is 2.17. The van der Waals surface area contributed by atoms with Crippen molar-refractivity contribution in [2.75, 3.05) is 13.1 Å². The van der Waals surface area contributed by atoms with Crippen molar-refractivity contribution in [1.82, 2.24) is 4.90 Å². The zero-order valence-electron chi connectivity index (χ0n) is 13.8. The minimum Gasteiger partial charge on any atom is -0.508 e. The third kappa shape index (κ3) is 3.17. The quantitative estimate of drug-likeness (QED) is 0.899. The Hall–Kier alpha value is -2.26. The lowest BCUT2D eigenvalue weighted by molar-refractivity contribution is 0.0990. The van der Waals surface area contributed by atoms with E-state index in [4.69, 9.17) is 4.74 Å². The average molecular weight is 321 g/mol. The van der Waals surface area contributed by atoms with Crippen LogP contribution in [0.15, 0.2) is 54.6 Å². The molecule has 1 fully saturated rings. The van der Waals surface area contributed by atoms with E-state index >= 15 is 0 Å². The molecule has 1 saturated heterocycles. The zero-order chi connectivity index (χ0) is 16.4. The fourth-order valence-corrected chi connectivity index (χ4v) is 3.73. The number of benzene rings is 2. The van der Waals surface area contributed by atoms with Gasteiger partial charge < -0.3 is 9.84 Å². The summed E-state index contributed by atoms with van der Waals surface area (Å²) in [6.07, 6.45) is 7.63. The summed E-state index contributed by atoms with van der Waals surface area (Å²) in [4.78, 5) is 2.46.